The largest absolute Gasteiger partial charge is 0.497 e. The summed E-state index contributed by atoms with van der Waals surface area (Å²) in [6.07, 6.45) is 0. The molecular formula is C20H19FN4O3S. The van der Waals surface area contributed by atoms with Gasteiger partial charge in [0.25, 0.3) is 11.8 Å². The number of halogens is 1. The van der Waals surface area contributed by atoms with E-state index in [0.717, 1.165) is 0 Å². The molecule has 2 amide bonds. The van der Waals surface area contributed by atoms with E-state index in [2.05, 4.69) is 9.97 Å². The maximum Gasteiger partial charge on any atom is 0.256 e. The molecule has 2 aromatic carbocycles. The van der Waals surface area contributed by atoms with Gasteiger partial charge in [0.15, 0.2) is 4.77 Å². The molecule has 1 aliphatic rings. The zero-order valence-corrected chi connectivity index (χ0v) is 16.5. The zero-order chi connectivity index (χ0) is 20.5. The number of imidazole rings is 1. The lowest BCUT2D eigenvalue weighted by Crippen LogP contribution is -2.50. The minimum Gasteiger partial charge on any atom is -0.497 e. The van der Waals surface area contributed by atoms with Crippen LogP contribution >= 0.6 is 12.2 Å². The summed E-state index contributed by atoms with van der Waals surface area (Å²) in [5, 5.41) is 0. The quantitative estimate of drug-likeness (QED) is 0.646. The van der Waals surface area contributed by atoms with Crippen LogP contribution < -0.4 is 4.74 Å². The fraction of sp³-hybridized carbons (Fsp3) is 0.250. The molecule has 1 fully saturated rings. The lowest BCUT2D eigenvalue weighted by molar-refractivity contribution is 0.0536. The lowest BCUT2D eigenvalue weighted by atomic mass is 10.1. The standard InChI is InChI=1S/C20H19FN4O3S/c1-28-14-4-2-3-12(9-14)18(26)24-5-7-25(8-6-24)19(27)15-10-13(21)11-16-17(15)23-20(29)22-16/h2-4,9-11H,5-8H2,1H3,(H2,22,23,29). The van der Waals surface area contributed by atoms with E-state index in [1.165, 1.54) is 12.1 Å². The first-order valence-corrected chi connectivity index (χ1v) is 9.51. The minimum atomic E-state index is -0.516. The molecule has 1 aliphatic heterocycles. The van der Waals surface area contributed by atoms with Crippen molar-refractivity contribution in [3.63, 3.8) is 0 Å². The first kappa shape index (κ1) is 19.1. The van der Waals surface area contributed by atoms with Crippen LogP contribution in [0.2, 0.25) is 0 Å². The molecule has 0 spiro atoms. The molecule has 0 radical (unpaired) electrons. The molecule has 0 atom stereocenters. The Balaban J connectivity index is 1.49. The smallest absolute Gasteiger partial charge is 0.256 e. The average molecular weight is 414 g/mol. The zero-order valence-electron chi connectivity index (χ0n) is 15.7. The van der Waals surface area contributed by atoms with Crippen LogP contribution in [0.3, 0.4) is 0 Å². The second kappa shape index (κ2) is 7.67. The van der Waals surface area contributed by atoms with Crippen LogP contribution in [-0.4, -0.2) is 64.9 Å². The molecule has 4 rings (SSSR count). The highest BCUT2D eigenvalue weighted by atomic mass is 32.1. The number of aromatic amines is 2. The van der Waals surface area contributed by atoms with Gasteiger partial charge in [0.2, 0.25) is 0 Å². The van der Waals surface area contributed by atoms with Crippen LogP contribution in [-0.2, 0) is 0 Å². The van der Waals surface area contributed by atoms with Crippen molar-refractivity contribution >= 4 is 35.1 Å². The summed E-state index contributed by atoms with van der Waals surface area (Å²) < 4.78 is 19.4. The number of H-pyrrole nitrogens is 2. The summed E-state index contributed by atoms with van der Waals surface area (Å²) in [6, 6.07) is 9.47. The highest BCUT2D eigenvalue weighted by Crippen LogP contribution is 2.21. The van der Waals surface area contributed by atoms with Crippen molar-refractivity contribution in [2.24, 2.45) is 0 Å². The SMILES string of the molecule is COc1cccc(C(=O)N2CCN(C(=O)c3cc(F)cc4[nH]c(=S)[nH]c34)CC2)c1. The Morgan fingerprint density at radius 1 is 1.03 bits per heavy atom. The predicted molar refractivity (Wildman–Crippen MR) is 108 cm³/mol. The molecule has 2 N–H and O–H groups in total. The number of fused-ring (bicyclic) bond motifs is 1. The summed E-state index contributed by atoms with van der Waals surface area (Å²) in [4.78, 5) is 34.8. The number of benzene rings is 2. The van der Waals surface area contributed by atoms with Crippen molar-refractivity contribution in [2.75, 3.05) is 33.3 Å². The number of piperazine rings is 1. The minimum absolute atomic E-state index is 0.112. The molecule has 29 heavy (non-hydrogen) atoms. The van der Waals surface area contributed by atoms with E-state index in [4.69, 9.17) is 17.0 Å². The summed E-state index contributed by atoms with van der Waals surface area (Å²) in [6.45, 7) is 1.50. The highest BCUT2D eigenvalue weighted by Gasteiger charge is 2.27. The molecule has 1 saturated heterocycles. The van der Waals surface area contributed by atoms with Gasteiger partial charge in [-0.15, -0.1) is 0 Å². The molecule has 150 valence electrons. The Labute approximate surface area is 171 Å². The molecule has 3 aromatic rings. The maximum absolute atomic E-state index is 13.9. The number of rotatable bonds is 3. The lowest BCUT2D eigenvalue weighted by Gasteiger charge is -2.35. The van der Waals surface area contributed by atoms with Crippen molar-refractivity contribution < 1.29 is 18.7 Å². The number of hydrogen-bond donors (Lipinski definition) is 2. The van der Waals surface area contributed by atoms with Crippen LogP contribution in [0.5, 0.6) is 5.75 Å². The second-order valence-corrected chi connectivity index (χ2v) is 7.18. The van der Waals surface area contributed by atoms with Gasteiger partial charge >= 0.3 is 0 Å². The van der Waals surface area contributed by atoms with Crippen molar-refractivity contribution in [1.29, 1.82) is 0 Å². The molecule has 0 bridgehead atoms. The molecule has 7 nitrogen and oxygen atoms in total. The van der Waals surface area contributed by atoms with Gasteiger partial charge in [-0.2, -0.15) is 0 Å². The van der Waals surface area contributed by atoms with Crippen molar-refractivity contribution in [3.8, 4) is 5.75 Å². The Kier molecular flexibility index (Phi) is 5.06. The van der Waals surface area contributed by atoms with E-state index in [9.17, 15) is 14.0 Å². The predicted octanol–water partition coefficient (Wildman–Crippen LogP) is 2.97. The normalized spacial score (nSPS) is 14.3. The van der Waals surface area contributed by atoms with Gasteiger partial charge in [0.05, 0.1) is 23.7 Å². The fourth-order valence-electron chi connectivity index (χ4n) is 3.50. The number of hydrogen-bond acceptors (Lipinski definition) is 4. The van der Waals surface area contributed by atoms with Gasteiger partial charge in [0.1, 0.15) is 11.6 Å². The Hall–Kier alpha value is -3.20. The summed E-state index contributed by atoms with van der Waals surface area (Å²) in [5.74, 6) is -0.311. The van der Waals surface area contributed by atoms with Gasteiger partial charge in [-0.3, -0.25) is 9.59 Å². The third kappa shape index (κ3) is 3.73. The average Bonchev–Trinajstić information content (AvgIpc) is 3.12. The third-order valence-electron chi connectivity index (χ3n) is 4.99. The molecular weight excluding hydrogens is 395 g/mol. The number of carbonyl (C=O) groups is 2. The van der Waals surface area contributed by atoms with Gasteiger partial charge in [-0.1, -0.05) is 6.07 Å². The number of methoxy groups -OCH3 is 1. The number of aromatic nitrogens is 2. The first-order valence-electron chi connectivity index (χ1n) is 9.10. The molecule has 0 aliphatic carbocycles. The summed E-state index contributed by atoms with van der Waals surface area (Å²) in [5.41, 5.74) is 1.69. The van der Waals surface area contributed by atoms with E-state index in [1.807, 2.05) is 0 Å². The van der Waals surface area contributed by atoms with Crippen molar-refractivity contribution in [1.82, 2.24) is 19.8 Å². The molecule has 0 unspecified atom stereocenters. The van der Waals surface area contributed by atoms with Gasteiger partial charge in [0, 0.05) is 31.7 Å². The van der Waals surface area contributed by atoms with Gasteiger partial charge in [-0.25, -0.2) is 4.39 Å². The summed E-state index contributed by atoms with van der Waals surface area (Å²) >= 11 is 5.06. The Morgan fingerprint density at radius 3 is 2.41 bits per heavy atom. The topological polar surface area (TPSA) is 81.4 Å². The van der Waals surface area contributed by atoms with E-state index in [1.54, 1.807) is 41.2 Å². The maximum atomic E-state index is 13.9. The van der Waals surface area contributed by atoms with Gasteiger partial charge in [-0.05, 0) is 42.5 Å². The van der Waals surface area contributed by atoms with E-state index in [0.29, 0.717) is 53.3 Å². The third-order valence-corrected chi connectivity index (χ3v) is 5.20. The van der Waals surface area contributed by atoms with Gasteiger partial charge < -0.3 is 24.5 Å². The number of carbonyl (C=O) groups excluding carboxylic acids is 2. The Morgan fingerprint density at radius 2 is 1.72 bits per heavy atom. The second-order valence-electron chi connectivity index (χ2n) is 6.77. The highest BCUT2D eigenvalue weighted by molar-refractivity contribution is 7.71. The Bertz CT molecular complexity index is 1150. The number of nitrogens with zero attached hydrogens (tertiary/aromatic N) is 2. The monoisotopic (exact) mass is 414 g/mol. The molecule has 1 aromatic heterocycles. The van der Waals surface area contributed by atoms with E-state index in [-0.39, 0.29) is 17.4 Å². The molecule has 2 heterocycles. The number of amides is 2. The fourth-order valence-corrected chi connectivity index (χ4v) is 3.71. The van der Waals surface area contributed by atoms with Crippen molar-refractivity contribution in [3.05, 3.63) is 58.1 Å². The van der Waals surface area contributed by atoms with Crippen LogP contribution in [0, 0.1) is 10.6 Å². The molecule has 9 heteroatoms. The van der Waals surface area contributed by atoms with Crippen LogP contribution in [0.15, 0.2) is 36.4 Å². The van der Waals surface area contributed by atoms with E-state index < -0.39 is 5.82 Å². The van der Waals surface area contributed by atoms with Crippen LogP contribution in [0.1, 0.15) is 20.7 Å². The number of ether oxygens (including phenoxy) is 1. The van der Waals surface area contributed by atoms with E-state index >= 15 is 0 Å². The summed E-state index contributed by atoms with van der Waals surface area (Å²) in [7, 11) is 1.55. The number of nitrogens with one attached hydrogen (secondary N) is 2. The van der Waals surface area contributed by atoms with Crippen LogP contribution in [0.4, 0.5) is 4.39 Å². The molecule has 0 saturated carbocycles. The van der Waals surface area contributed by atoms with Crippen LogP contribution in [0.25, 0.3) is 11.0 Å². The van der Waals surface area contributed by atoms with Crippen molar-refractivity contribution in [2.45, 2.75) is 0 Å². The first-order chi connectivity index (χ1) is 14.0.